The second kappa shape index (κ2) is 6.97. The van der Waals surface area contributed by atoms with Crippen LogP contribution in [0, 0.1) is 0 Å². The van der Waals surface area contributed by atoms with Gasteiger partial charge in [0.05, 0.1) is 18.5 Å². The minimum absolute atomic E-state index is 0.152. The van der Waals surface area contributed by atoms with Gasteiger partial charge in [-0.05, 0) is 32.2 Å². The first-order valence-corrected chi connectivity index (χ1v) is 7.86. The van der Waals surface area contributed by atoms with E-state index in [0.717, 1.165) is 28.4 Å². The van der Waals surface area contributed by atoms with Crippen LogP contribution < -0.4 is 5.32 Å². The number of rotatable bonds is 7. The minimum Gasteiger partial charge on any atom is -0.395 e. The molecule has 20 heavy (non-hydrogen) atoms. The van der Waals surface area contributed by atoms with Crippen LogP contribution in [0.4, 0.5) is 5.82 Å². The zero-order valence-corrected chi connectivity index (χ0v) is 13.1. The first kappa shape index (κ1) is 15.2. The SMILES string of the molecule is CCNc1nc(CN(CCO)C(C)C)nc2sccc12. The van der Waals surface area contributed by atoms with Crippen LogP contribution >= 0.6 is 11.3 Å². The highest BCUT2D eigenvalue weighted by atomic mass is 32.1. The summed E-state index contributed by atoms with van der Waals surface area (Å²) in [6.45, 7) is 8.58. The average Bonchev–Trinajstić information content (AvgIpc) is 2.87. The van der Waals surface area contributed by atoms with E-state index in [4.69, 9.17) is 5.11 Å². The first-order valence-electron chi connectivity index (χ1n) is 6.98. The largest absolute Gasteiger partial charge is 0.395 e. The lowest BCUT2D eigenvalue weighted by Gasteiger charge is -2.24. The van der Waals surface area contributed by atoms with Crippen molar-refractivity contribution in [1.82, 2.24) is 14.9 Å². The molecule has 2 rings (SSSR count). The quantitative estimate of drug-likeness (QED) is 0.820. The van der Waals surface area contributed by atoms with E-state index < -0.39 is 0 Å². The maximum atomic E-state index is 9.15. The molecule has 0 amide bonds. The van der Waals surface area contributed by atoms with Gasteiger partial charge in [0, 0.05) is 19.1 Å². The van der Waals surface area contributed by atoms with Crippen molar-refractivity contribution in [3.8, 4) is 0 Å². The van der Waals surface area contributed by atoms with Crippen molar-refractivity contribution >= 4 is 27.4 Å². The molecule has 0 saturated carbocycles. The Bertz CT molecular complexity index is 555. The number of hydrogen-bond acceptors (Lipinski definition) is 6. The van der Waals surface area contributed by atoms with E-state index in [1.807, 2.05) is 5.38 Å². The number of aromatic nitrogens is 2. The van der Waals surface area contributed by atoms with Gasteiger partial charge in [-0.2, -0.15) is 0 Å². The van der Waals surface area contributed by atoms with E-state index in [1.54, 1.807) is 11.3 Å². The Balaban J connectivity index is 2.28. The molecule has 2 aromatic rings. The van der Waals surface area contributed by atoms with E-state index >= 15 is 0 Å². The summed E-state index contributed by atoms with van der Waals surface area (Å²) in [5.74, 6) is 1.71. The fourth-order valence-corrected chi connectivity index (χ4v) is 2.89. The molecule has 2 N–H and O–H groups in total. The second-order valence-electron chi connectivity index (χ2n) is 4.95. The highest BCUT2D eigenvalue weighted by molar-refractivity contribution is 7.16. The Morgan fingerprint density at radius 3 is 2.85 bits per heavy atom. The molecule has 5 nitrogen and oxygen atoms in total. The monoisotopic (exact) mass is 294 g/mol. The smallest absolute Gasteiger partial charge is 0.146 e. The Kier molecular flexibility index (Phi) is 5.28. The van der Waals surface area contributed by atoms with Gasteiger partial charge in [0.15, 0.2) is 0 Å². The van der Waals surface area contributed by atoms with Crippen molar-refractivity contribution in [2.24, 2.45) is 0 Å². The molecule has 0 fully saturated rings. The summed E-state index contributed by atoms with van der Waals surface area (Å²) in [6.07, 6.45) is 0. The number of fused-ring (bicyclic) bond motifs is 1. The number of anilines is 1. The molecule has 2 heterocycles. The summed E-state index contributed by atoms with van der Waals surface area (Å²) >= 11 is 1.63. The number of hydrogen-bond donors (Lipinski definition) is 2. The van der Waals surface area contributed by atoms with E-state index in [0.29, 0.717) is 19.1 Å². The maximum Gasteiger partial charge on any atom is 0.146 e. The Hall–Kier alpha value is -1.24. The molecular formula is C14H22N4OS. The molecule has 0 bridgehead atoms. The lowest BCUT2D eigenvalue weighted by molar-refractivity contribution is 0.156. The third kappa shape index (κ3) is 3.45. The summed E-state index contributed by atoms with van der Waals surface area (Å²) in [7, 11) is 0. The standard InChI is InChI=1S/C14H22N4OS/c1-4-15-13-11-5-8-20-14(11)17-12(16-13)9-18(6-7-19)10(2)3/h5,8,10,19H,4,6-7,9H2,1-3H3,(H,15,16,17). The maximum absolute atomic E-state index is 9.15. The molecular weight excluding hydrogens is 272 g/mol. The molecule has 0 atom stereocenters. The zero-order valence-electron chi connectivity index (χ0n) is 12.3. The molecule has 110 valence electrons. The van der Waals surface area contributed by atoms with Gasteiger partial charge in [0.2, 0.25) is 0 Å². The molecule has 0 aliphatic heterocycles. The summed E-state index contributed by atoms with van der Waals surface area (Å²) in [5, 5.41) is 15.6. The fourth-order valence-electron chi connectivity index (χ4n) is 2.10. The van der Waals surface area contributed by atoms with Crippen molar-refractivity contribution in [1.29, 1.82) is 0 Å². The van der Waals surface area contributed by atoms with Crippen LogP contribution in [0.25, 0.3) is 10.2 Å². The second-order valence-corrected chi connectivity index (χ2v) is 5.84. The number of nitrogens with one attached hydrogen (secondary N) is 1. The van der Waals surface area contributed by atoms with Crippen molar-refractivity contribution in [2.75, 3.05) is 25.0 Å². The van der Waals surface area contributed by atoms with Crippen LogP contribution in [0.5, 0.6) is 0 Å². The van der Waals surface area contributed by atoms with Crippen molar-refractivity contribution in [3.63, 3.8) is 0 Å². The molecule has 0 radical (unpaired) electrons. The van der Waals surface area contributed by atoms with Crippen LogP contribution in [-0.2, 0) is 6.54 Å². The molecule has 0 aliphatic carbocycles. The van der Waals surface area contributed by atoms with E-state index in [1.165, 1.54) is 0 Å². The summed E-state index contributed by atoms with van der Waals surface area (Å²) in [4.78, 5) is 12.4. The van der Waals surface area contributed by atoms with Crippen LogP contribution in [0.15, 0.2) is 11.4 Å². The Morgan fingerprint density at radius 1 is 1.40 bits per heavy atom. The number of aliphatic hydroxyl groups excluding tert-OH is 1. The lowest BCUT2D eigenvalue weighted by Crippen LogP contribution is -2.33. The Labute approximate surface area is 123 Å². The van der Waals surface area contributed by atoms with Crippen LogP contribution in [0.2, 0.25) is 0 Å². The van der Waals surface area contributed by atoms with Crippen LogP contribution in [0.1, 0.15) is 26.6 Å². The first-order chi connectivity index (χ1) is 9.65. The molecule has 0 spiro atoms. The van der Waals surface area contributed by atoms with Gasteiger partial charge in [-0.25, -0.2) is 9.97 Å². The minimum atomic E-state index is 0.152. The van der Waals surface area contributed by atoms with Gasteiger partial charge in [-0.1, -0.05) is 0 Å². The summed E-state index contributed by atoms with van der Waals surface area (Å²) in [5.41, 5.74) is 0. The normalized spacial score (nSPS) is 11.7. The molecule has 0 unspecified atom stereocenters. The summed E-state index contributed by atoms with van der Waals surface area (Å²) < 4.78 is 0. The number of aliphatic hydroxyl groups is 1. The van der Waals surface area contributed by atoms with E-state index in [-0.39, 0.29) is 6.61 Å². The van der Waals surface area contributed by atoms with Crippen LogP contribution in [-0.4, -0.2) is 45.7 Å². The fraction of sp³-hybridized carbons (Fsp3) is 0.571. The molecule has 0 aromatic carbocycles. The number of nitrogens with zero attached hydrogens (tertiary/aromatic N) is 3. The molecule has 2 aromatic heterocycles. The Morgan fingerprint density at radius 2 is 2.20 bits per heavy atom. The van der Waals surface area contributed by atoms with Crippen LogP contribution in [0.3, 0.4) is 0 Å². The predicted molar refractivity (Wildman–Crippen MR) is 84.2 cm³/mol. The lowest BCUT2D eigenvalue weighted by atomic mass is 10.3. The van der Waals surface area contributed by atoms with Gasteiger partial charge >= 0.3 is 0 Å². The van der Waals surface area contributed by atoms with E-state index in [2.05, 4.69) is 47.0 Å². The topological polar surface area (TPSA) is 61.3 Å². The summed E-state index contributed by atoms with van der Waals surface area (Å²) in [6, 6.07) is 2.41. The highest BCUT2D eigenvalue weighted by Gasteiger charge is 2.14. The zero-order chi connectivity index (χ0) is 14.5. The van der Waals surface area contributed by atoms with Gasteiger partial charge in [-0.15, -0.1) is 11.3 Å². The number of thiophene rings is 1. The van der Waals surface area contributed by atoms with Crippen molar-refractivity contribution in [3.05, 3.63) is 17.3 Å². The third-order valence-corrected chi connectivity index (χ3v) is 3.98. The molecule has 0 aliphatic rings. The van der Waals surface area contributed by atoms with E-state index in [9.17, 15) is 0 Å². The van der Waals surface area contributed by atoms with Crippen molar-refractivity contribution < 1.29 is 5.11 Å². The van der Waals surface area contributed by atoms with Gasteiger partial charge < -0.3 is 10.4 Å². The highest BCUT2D eigenvalue weighted by Crippen LogP contribution is 2.25. The van der Waals surface area contributed by atoms with Gasteiger partial charge in [-0.3, -0.25) is 4.90 Å². The third-order valence-electron chi connectivity index (χ3n) is 3.18. The van der Waals surface area contributed by atoms with Gasteiger partial charge in [0.1, 0.15) is 16.5 Å². The van der Waals surface area contributed by atoms with Gasteiger partial charge in [0.25, 0.3) is 0 Å². The molecule has 6 heteroatoms. The average molecular weight is 294 g/mol. The predicted octanol–water partition coefficient (Wildman–Crippen LogP) is 2.33. The van der Waals surface area contributed by atoms with Crippen molar-refractivity contribution in [2.45, 2.75) is 33.4 Å². The molecule has 0 saturated heterocycles.